The van der Waals surface area contributed by atoms with E-state index in [0.29, 0.717) is 5.92 Å². The second kappa shape index (κ2) is 4.59. The Morgan fingerprint density at radius 3 is 3.12 bits per heavy atom. The van der Waals surface area contributed by atoms with Crippen molar-refractivity contribution < 1.29 is 0 Å². The third kappa shape index (κ3) is 2.26. The fourth-order valence-corrected chi connectivity index (χ4v) is 2.45. The van der Waals surface area contributed by atoms with E-state index in [-0.39, 0.29) is 0 Å². The van der Waals surface area contributed by atoms with E-state index in [1.54, 1.807) is 0 Å². The van der Waals surface area contributed by atoms with Gasteiger partial charge in [0.25, 0.3) is 0 Å². The third-order valence-corrected chi connectivity index (χ3v) is 3.46. The number of piperidine rings is 1. The number of aromatic nitrogens is 2. The Balaban J connectivity index is 1.99. The summed E-state index contributed by atoms with van der Waals surface area (Å²) in [4.78, 5) is 9.09. The summed E-state index contributed by atoms with van der Waals surface area (Å²) in [6.45, 7) is 2.09. The van der Waals surface area contributed by atoms with Crippen LogP contribution in [0.4, 0.5) is 0 Å². The molecular weight excluding hydrogens is 234 g/mol. The Bertz CT molecular complexity index is 535. The molecule has 17 heavy (non-hydrogen) atoms. The number of nitrogens with one attached hydrogen (secondary N) is 1. The first-order valence-electron chi connectivity index (χ1n) is 5.96. The van der Waals surface area contributed by atoms with Gasteiger partial charge in [0, 0.05) is 29.1 Å². The van der Waals surface area contributed by atoms with Crippen molar-refractivity contribution in [3.63, 3.8) is 0 Å². The largest absolute Gasteiger partial charge is 0.316 e. The van der Waals surface area contributed by atoms with Crippen molar-refractivity contribution in [1.29, 1.82) is 0 Å². The van der Waals surface area contributed by atoms with Gasteiger partial charge in [0.05, 0.1) is 5.52 Å². The highest BCUT2D eigenvalue weighted by molar-refractivity contribution is 6.31. The molecule has 4 heteroatoms. The van der Waals surface area contributed by atoms with Gasteiger partial charge in [-0.05, 0) is 37.6 Å². The zero-order valence-electron chi connectivity index (χ0n) is 9.49. The highest BCUT2D eigenvalue weighted by Gasteiger charge is 2.17. The zero-order chi connectivity index (χ0) is 11.7. The molecule has 1 atom stereocenters. The van der Waals surface area contributed by atoms with Crippen LogP contribution in [0.5, 0.6) is 0 Å². The Labute approximate surface area is 105 Å². The average molecular weight is 248 g/mol. The fourth-order valence-electron chi connectivity index (χ4n) is 2.28. The van der Waals surface area contributed by atoms with E-state index in [4.69, 9.17) is 11.6 Å². The topological polar surface area (TPSA) is 37.8 Å². The van der Waals surface area contributed by atoms with E-state index in [2.05, 4.69) is 15.3 Å². The first-order chi connectivity index (χ1) is 8.33. The number of benzene rings is 1. The van der Waals surface area contributed by atoms with Crippen LogP contribution in [0.2, 0.25) is 5.02 Å². The molecule has 0 saturated carbocycles. The summed E-state index contributed by atoms with van der Waals surface area (Å²) < 4.78 is 0. The number of rotatable bonds is 1. The standard InChI is InChI=1S/C13H14ClN3/c14-11-4-3-9-8-16-13(17-12(9)6-11)10-2-1-5-15-7-10/h3-4,6,8,10,15H,1-2,5,7H2. The minimum Gasteiger partial charge on any atom is -0.316 e. The van der Waals surface area contributed by atoms with Gasteiger partial charge < -0.3 is 5.32 Å². The van der Waals surface area contributed by atoms with E-state index in [1.165, 1.54) is 12.8 Å². The lowest BCUT2D eigenvalue weighted by Gasteiger charge is -2.21. The summed E-state index contributed by atoms with van der Waals surface area (Å²) >= 11 is 5.98. The lowest BCUT2D eigenvalue weighted by atomic mass is 9.99. The van der Waals surface area contributed by atoms with Gasteiger partial charge in [-0.3, -0.25) is 0 Å². The monoisotopic (exact) mass is 247 g/mol. The molecule has 0 aliphatic carbocycles. The number of nitrogens with zero attached hydrogens (tertiary/aromatic N) is 2. The van der Waals surface area contributed by atoms with Crippen LogP contribution in [0.1, 0.15) is 24.6 Å². The second-order valence-corrected chi connectivity index (χ2v) is 4.91. The molecule has 1 unspecified atom stereocenters. The van der Waals surface area contributed by atoms with Crippen LogP contribution in [-0.4, -0.2) is 23.1 Å². The van der Waals surface area contributed by atoms with Gasteiger partial charge in [-0.1, -0.05) is 11.6 Å². The van der Waals surface area contributed by atoms with Crippen molar-refractivity contribution in [2.45, 2.75) is 18.8 Å². The van der Waals surface area contributed by atoms with E-state index in [9.17, 15) is 0 Å². The highest BCUT2D eigenvalue weighted by atomic mass is 35.5. The molecule has 1 aromatic carbocycles. The molecule has 3 nitrogen and oxygen atoms in total. The summed E-state index contributed by atoms with van der Waals surface area (Å²) in [5, 5.41) is 5.16. The summed E-state index contributed by atoms with van der Waals surface area (Å²) in [6, 6.07) is 5.73. The molecule has 1 saturated heterocycles. The maximum absolute atomic E-state index is 5.98. The Morgan fingerprint density at radius 1 is 1.35 bits per heavy atom. The quantitative estimate of drug-likeness (QED) is 0.842. The van der Waals surface area contributed by atoms with Gasteiger partial charge in [-0.25, -0.2) is 9.97 Å². The first kappa shape index (κ1) is 10.9. The molecule has 1 aliphatic heterocycles. The number of hydrogen-bond donors (Lipinski definition) is 1. The normalized spacial score (nSPS) is 20.6. The Morgan fingerprint density at radius 2 is 2.29 bits per heavy atom. The van der Waals surface area contributed by atoms with Crippen LogP contribution in [0.3, 0.4) is 0 Å². The Hall–Kier alpha value is -1.19. The molecule has 2 aromatic rings. The molecule has 0 amide bonds. The molecule has 1 N–H and O–H groups in total. The zero-order valence-corrected chi connectivity index (χ0v) is 10.2. The van der Waals surface area contributed by atoms with Crippen molar-refractivity contribution in [2.75, 3.05) is 13.1 Å². The van der Waals surface area contributed by atoms with Crippen molar-refractivity contribution in [2.24, 2.45) is 0 Å². The van der Waals surface area contributed by atoms with Gasteiger partial charge in [0.15, 0.2) is 0 Å². The molecule has 2 heterocycles. The highest BCUT2D eigenvalue weighted by Crippen LogP contribution is 2.23. The maximum Gasteiger partial charge on any atom is 0.133 e. The van der Waals surface area contributed by atoms with Gasteiger partial charge in [-0.2, -0.15) is 0 Å². The fraction of sp³-hybridized carbons (Fsp3) is 0.385. The first-order valence-corrected chi connectivity index (χ1v) is 6.33. The second-order valence-electron chi connectivity index (χ2n) is 4.47. The van der Waals surface area contributed by atoms with E-state index >= 15 is 0 Å². The predicted octanol–water partition coefficient (Wildman–Crippen LogP) is 2.75. The smallest absolute Gasteiger partial charge is 0.133 e. The maximum atomic E-state index is 5.98. The van der Waals surface area contributed by atoms with Gasteiger partial charge >= 0.3 is 0 Å². The van der Waals surface area contributed by atoms with Gasteiger partial charge in [0.2, 0.25) is 0 Å². The van der Waals surface area contributed by atoms with Crippen LogP contribution < -0.4 is 5.32 Å². The van der Waals surface area contributed by atoms with Crippen molar-refractivity contribution >= 4 is 22.5 Å². The molecule has 0 spiro atoms. The number of fused-ring (bicyclic) bond motifs is 1. The molecule has 88 valence electrons. The lowest BCUT2D eigenvalue weighted by molar-refractivity contribution is 0.447. The molecule has 0 radical (unpaired) electrons. The van der Waals surface area contributed by atoms with E-state index in [0.717, 1.165) is 34.8 Å². The van der Waals surface area contributed by atoms with Crippen LogP contribution in [0.15, 0.2) is 24.4 Å². The third-order valence-electron chi connectivity index (χ3n) is 3.23. The van der Waals surface area contributed by atoms with Gasteiger partial charge in [0.1, 0.15) is 5.82 Å². The molecular formula is C13H14ClN3. The molecule has 1 fully saturated rings. The summed E-state index contributed by atoms with van der Waals surface area (Å²) in [7, 11) is 0. The van der Waals surface area contributed by atoms with Crippen LogP contribution in [0, 0.1) is 0 Å². The molecule has 1 aromatic heterocycles. The van der Waals surface area contributed by atoms with Crippen LogP contribution >= 0.6 is 11.6 Å². The minimum atomic E-state index is 0.437. The van der Waals surface area contributed by atoms with Crippen LogP contribution in [0.25, 0.3) is 10.9 Å². The lowest BCUT2D eigenvalue weighted by Crippen LogP contribution is -2.29. The number of halogens is 1. The van der Waals surface area contributed by atoms with Gasteiger partial charge in [-0.15, -0.1) is 0 Å². The minimum absolute atomic E-state index is 0.437. The Kier molecular flexibility index (Phi) is 2.95. The average Bonchev–Trinajstić information content (AvgIpc) is 2.39. The molecule has 0 bridgehead atoms. The van der Waals surface area contributed by atoms with Crippen molar-refractivity contribution in [3.05, 3.63) is 35.2 Å². The van der Waals surface area contributed by atoms with Crippen molar-refractivity contribution in [3.8, 4) is 0 Å². The van der Waals surface area contributed by atoms with E-state index in [1.807, 2.05) is 24.4 Å². The molecule has 1 aliphatic rings. The molecule has 3 rings (SSSR count). The van der Waals surface area contributed by atoms with E-state index < -0.39 is 0 Å². The summed E-state index contributed by atoms with van der Waals surface area (Å²) in [6.07, 6.45) is 4.25. The SMILES string of the molecule is Clc1ccc2cnc(C3CCCNC3)nc2c1. The summed E-state index contributed by atoms with van der Waals surface area (Å²) in [5.74, 6) is 1.37. The van der Waals surface area contributed by atoms with Crippen molar-refractivity contribution in [1.82, 2.24) is 15.3 Å². The predicted molar refractivity (Wildman–Crippen MR) is 69.4 cm³/mol. The number of hydrogen-bond acceptors (Lipinski definition) is 3. The van der Waals surface area contributed by atoms with Crippen LogP contribution in [-0.2, 0) is 0 Å². The summed E-state index contributed by atoms with van der Waals surface area (Å²) in [5.41, 5.74) is 0.938.